The number of rotatable bonds is 10. The van der Waals surface area contributed by atoms with Gasteiger partial charge in [-0.2, -0.15) is 4.31 Å². The lowest BCUT2D eigenvalue weighted by Crippen LogP contribution is -2.37. The van der Waals surface area contributed by atoms with Crippen LogP contribution in [-0.2, 0) is 21.4 Å². The van der Waals surface area contributed by atoms with Crippen molar-refractivity contribution in [2.75, 3.05) is 27.9 Å². The first-order chi connectivity index (χ1) is 18.9. The van der Waals surface area contributed by atoms with E-state index in [1.165, 1.54) is 4.31 Å². The van der Waals surface area contributed by atoms with Crippen molar-refractivity contribution in [3.8, 4) is 17.2 Å². The molecule has 1 aliphatic heterocycles. The van der Waals surface area contributed by atoms with E-state index < -0.39 is 16.1 Å². The van der Waals surface area contributed by atoms with Gasteiger partial charge in [-0.25, -0.2) is 8.42 Å². The van der Waals surface area contributed by atoms with E-state index in [0.717, 1.165) is 16.5 Å². The maximum absolute atomic E-state index is 14.1. The van der Waals surface area contributed by atoms with Crippen molar-refractivity contribution in [3.63, 3.8) is 0 Å². The van der Waals surface area contributed by atoms with E-state index in [9.17, 15) is 8.42 Å². The number of para-hydroxylation sites is 1. The zero-order chi connectivity index (χ0) is 27.4. The van der Waals surface area contributed by atoms with E-state index in [1.54, 1.807) is 51.8 Å². The normalized spacial score (nSPS) is 15.2. The van der Waals surface area contributed by atoms with Crippen LogP contribution in [0.2, 0.25) is 0 Å². The van der Waals surface area contributed by atoms with Gasteiger partial charge in [-0.1, -0.05) is 35.5 Å². The molecule has 0 amide bonds. The Morgan fingerprint density at radius 2 is 1.72 bits per heavy atom. The molecule has 3 aromatic carbocycles. The molecule has 39 heavy (non-hydrogen) atoms. The minimum Gasteiger partial charge on any atom is -0.497 e. The van der Waals surface area contributed by atoms with E-state index >= 15 is 0 Å². The zero-order valence-corrected chi connectivity index (χ0v) is 22.7. The molecule has 0 radical (unpaired) electrons. The largest absolute Gasteiger partial charge is 0.497 e. The molecule has 0 spiro atoms. The summed E-state index contributed by atoms with van der Waals surface area (Å²) in [6, 6.07) is 21.6. The summed E-state index contributed by atoms with van der Waals surface area (Å²) in [6.45, 7) is 0.206. The van der Waals surface area contributed by atoms with Crippen LogP contribution in [0.4, 0.5) is 0 Å². The van der Waals surface area contributed by atoms with Crippen LogP contribution in [0, 0.1) is 0 Å². The predicted octanol–water partition coefficient (Wildman–Crippen LogP) is 4.64. The summed E-state index contributed by atoms with van der Waals surface area (Å²) in [5.74, 6) is 1.83. The lowest BCUT2D eigenvalue weighted by atomic mass is 10.0. The van der Waals surface area contributed by atoms with Crippen molar-refractivity contribution in [1.82, 2.24) is 9.29 Å². The van der Waals surface area contributed by atoms with Crippen LogP contribution in [0.3, 0.4) is 0 Å². The molecule has 5 rings (SSSR count). The highest BCUT2D eigenvalue weighted by atomic mass is 32.2. The van der Waals surface area contributed by atoms with E-state index in [1.807, 2.05) is 48.5 Å². The number of pyridine rings is 1. The van der Waals surface area contributed by atoms with Gasteiger partial charge in [0.2, 0.25) is 10.0 Å². The number of aromatic nitrogens is 1. The number of ether oxygens (including phenoxy) is 3. The molecule has 202 valence electrons. The van der Waals surface area contributed by atoms with E-state index in [0.29, 0.717) is 34.9 Å². The molecule has 0 N–H and O–H groups in total. The third-order valence-electron chi connectivity index (χ3n) is 6.56. The summed E-state index contributed by atoms with van der Waals surface area (Å²) >= 11 is 0. The Kier molecular flexibility index (Phi) is 7.67. The molecule has 1 atom stereocenters. The first kappa shape index (κ1) is 26.5. The van der Waals surface area contributed by atoms with Crippen LogP contribution in [0.1, 0.15) is 17.5 Å². The number of hydrogen-bond donors (Lipinski definition) is 0. The van der Waals surface area contributed by atoms with Crippen LogP contribution < -0.4 is 14.2 Å². The fourth-order valence-electron chi connectivity index (χ4n) is 4.59. The fraction of sp³-hybridized carbons (Fsp3) is 0.241. The van der Waals surface area contributed by atoms with Crippen molar-refractivity contribution in [2.45, 2.75) is 24.0 Å². The third kappa shape index (κ3) is 5.52. The number of methoxy groups -OCH3 is 3. The zero-order valence-electron chi connectivity index (χ0n) is 21.9. The summed E-state index contributed by atoms with van der Waals surface area (Å²) in [4.78, 5) is 10.3. The fourth-order valence-corrected chi connectivity index (χ4v) is 6.21. The standard InChI is InChI=1S/C29H29N3O6S/c1-35-23-10-4-7-20(15-23)18-32(39(33,34)28-11-5-8-21-9-6-14-30-29(21)28)19-24-17-25(31-38-24)22-12-13-26(36-2)27(16-22)37-3/h4-16,24H,17-19H2,1-3H3. The quantitative estimate of drug-likeness (QED) is 0.285. The topological polar surface area (TPSA) is 99.5 Å². The second-order valence-electron chi connectivity index (χ2n) is 9.02. The smallest absolute Gasteiger partial charge is 0.245 e. The first-order valence-corrected chi connectivity index (χ1v) is 13.8. The molecule has 0 fully saturated rings. The van der Waals surface area contributed by atoms with Gasteiger partial charge in [-0.15, -0.1) is 0 Å². The van der Waals surface area contributed by atoms with Gasteiger partial charge in [0.25, 0.3) is 0 Å². The average molecular weight is 548 g/mol. The molecule has 1 aliphatic rings. The van der Waals surface area contributed by atoms with Gasteiger partial charge >= 0.3 is 0 Å². The van der Waals surface area contributed by atoms with Crippen molar-refractivity contribution in [3.05, 3.63) is 90.1 Å². The Balaban J connectivity index is 1.45. The molecule has 0 saturated heterocycles. The lowest BCUT2D eigenvalue weighted by Gasteiger charge is -2.25. The number of hydrogen-bond acceptors (Lipinski definition) is 8. The van der Waals surface area contributed by atoms with Gasteiger partial charge in [-0.05, 0) is 48.0 Å². The number of benzene rings is 3. The predicted molar refractivity (Wildman–Crippen MR) is 148 cm³/mol. The van der Waals surface area contributed by atoms with E-state index in [2.05, 4.69) is 10.1 Å². The monoisotopic (exact) mass is 547 g/mol. The van der Waals surface area contributed by atoms with E-state index in [-0.39, 0.29) is 18.0 Å². The molecular formula is C29H29N3O6S. The maximum Gasteiger partial charge on any atom is 0.245 e. The number of fused-ring (bicyclic) bond motifs is 1. The molecule has 0 saturated carbocycles. The van der Waals surface area contributed by atoms with Gasteiger partial charge in [0.15, 0.2) is 11.5 Å². The van der Waals surface area contributed by atoms with Crippen molar-refractivity contribution in [2.24, 2.45) is 5.16 Å². The van der Waals surface area contributed by atoms with Crippen molar-refractivity contribution in [1.29, 1.82) is 0 Å². The SMILES string of the molecule is COc1cccc(CN(CC2CC(c3ccc(OC)c(OC)c3)=NO2)S(=O)(=O)c2cccc3cccnc23)c1. The van der Waals surface area contributed by atoms with Crippen LogP contribution in [0.25, 0.3) is 10.9 Å². The van der Waals surface area contributed by atoms with E-state index in [4.69, 9.17) is 19.0 Å². The summed E-state index contributed by atoms with van der Waals surface area (Å²) in [5.41, 5.74) is 2.72. The van der Waals surface area contributed by atoms with Crippen molar-refractivity contribution >= 4 is 26.6 Å². The third-order valence-corrected chi connectivity index (χ3v) is 8.41. The molecule has 1 aromatic heterocycles. The highest BCUT2D eigenvalue weighted by molar-refractivity contribution is 7.89. The van der Waals surface area contributed by atoms with Crippen LogP contribution in [0.5, 0.6) is 17.2 Å². The summed E-state index contributed by atoms with van der Waals surface area (Å²) in [6.07, 6.45) is 1.53. The Labute approximate surface area is 227 Å². The molecule has 0 aliphatic carbocycles. The Morgan fingerprint density at radius 3 is 2.51 bits per heavy atom. The Morgan fingerprint density at radius 1 is 0.923 bits per heavy atom. The summed E-state index contributed by atoms with van der Waals surface area (Å²) in [7, 11) is 0.752. The molecule has 2 heterocycles. The second-order valence-corrected chi connectivity index (χ2v) is 10.9. The van der Waals surface area contributed by atoms with Crippen LogP contribution in [-0.4, -0.2) is 57.4 Å². The minimum absolute atomic E-state index is 0.0864. The molecular weight excluding hydrogens is 518 g/mol. The van der Waals surface area contributed by atoms with Gasteiger partial charge in [0, 0.05) is 30.1 Å². The van der Waals surface area contributed by atoms with Crippen molar-refractivity contribution < 1.29 is 27.5 Å². The van der Waals surface area contributed by atoms with Gasteiger partial charge < -0.3 is 19.0 Å². The van der Waals surface area contributed by atoms with Crippen LogP contribution in [0.15, 0.2) is 89.0 Å². The highest BCUT2D eigenvalue weighted by Gasteiger charge is 2.33. The number of oxime groups is 1. The van der Waals surface area contributed by atoms with Gasteiger partial charge in [0.1, 0.15) is 16.7 Å². The molecule has 9 nitrogen and oxygen atoms in total. The lowest BCUT2D eigenvalue weighted by molar-refractivity contribution is 0.0694. The Bertz CT molecular complexity index is 1620. The highest BCUT2D eigenvalue weighted by Crippen LogP contribution is 2.31. The summed E-state index contributed by atoms with van der Waals surface area (Å²) in [5, 5.41) is 5.02. The molecule has 4 aromatic rings. The molecule has 0 bridgehead atoms. The minimum atomic E-state index is -3.97. The molecule has 10 heteroatoms. The van der Waals surface area contributed by atoms with Gasteiger partial charge in [0.05, 0.1) is 39.1 Å². The number of sulfonamides is 1. The maximum atomic E-state index is 14.1. The average Bonchev–Trinajstić information content (AvgIpc) is 3.44. The summed E-state index contributed by atoms with van der Waals surface area (Å²) < 4.78 is 45.8. The first-order valence-electron chi connectivity index (χ1n) is 12.3. The van der Waals surface area contributed by atoms with Gasteiger partial charge in [-0.3, -0.25) is 4.98 Å². The Hall–Kier alpha value is -4.15. The van der Waals surface area contributed by atoms with Crippen LogP contribution >= 0.6 is 0 Å². The molecule has 1 unspecified atom stereocenters. The second kappa shape index (κ2) is 11.3. The number of nitrogens with zero attached hydrogens (tertiary/aromatic N) is 3.